The van der Waals surface area contributed by atoms with E-state index in [9.17, 15) is 18.7 Å². The quantitative estimate of drug-likeness (QED) is 0.0234. The highest BCUT2D eigenvalue weighted by Crippen LogP contribution is 2.52. The lowest BCUT2D eigenvalue weighted by Crippen LogP contribution is -2.62. The molecule has 524 valence electrons. The van der Waals surface area contributed by atoms with Crippen molar-refractivity contribution in [3.8, 4) is 0 Å². The second-order valence-electron chi connectivity index (χ2n) is 30.4. The summed E-state index contributed by atoms with van der Waals surface area (Å²) in [6, 6.07) is 26.8. The standard InChI is InChI=1S/C62H116O17P2Si12/c1-51-47-53(3)59(54(4)48-51)61(63)80(65,57-39-33-31-34-40-57)67-43-37-45-82(7,8)69-84(11,12)71-86(15,16)73-88(19,20)75-90(23,24)77-92(27,28)79-93(29,30)78-91(25,26)76-89(21,22)74-87(17,18)72-85(13,14)70-83(9,10)46-38-44-68-81(66,58-41-35-32-36-42-58)62(64)60-55(5)49-52(2)50-56(60)6/h31-36,39-42,47-50H,37-38,43-46H2,1-30H3. The van der Waals surface area contributed by atoms with Crippen LogP contribution in [0.2, 0.25) is 169 Å². The molecule has 0 aliphatic carbocycles. The molecule has 0 radical (unpaired) electrons. The van der Waals surface area contributed by atoms with Gasteiger partial charge in [0.1, 0.15) is 0 Å². The average Bonchev–Trinajstić information content (AvgIpc) is 0.790. The number of carbonyl (C=O) groups is 2. The molecule has 31 heteroatoms. The minimum atomic E-state index is -3.94. The number of benzene rings is 4. The van der Waals surface area contributed by atoms with Crippen molar-refractivity contribution in [2.24, 2.45) is 0 Å². The molecule has 2 atom stereocenters. The second-order valence-corrected chi connectivity index (χ2v) is 80.0. The summed E-state index contributed by atoms with van der Waals surface area (Å²) in [6.07, 6.45) is 1.12. The first-order chi connectivity index (χ1) is 41.9. The number of rotatable bonds is 38. The summed E-state index contributed by atoms with van der Waals surface area (Å²) in [6.45, 7) is 61.2. The predicted octanol–water partition coefficient (Wildman–Crippen LogP) is 18.1. The maximum absolute atomic E-state index is 14.7. The normalized spacial score (nSPS) is 15.3. The molecule has 4 aromatic carbocycles. The first-order valence-corrected chi connectivity index (χ1v) is 70.1. The topological polar surface area (TPSA) is 188 Å². The van der Waals surface area contributed by atoms with E-state index in [-0.39, 0.29) is 13.2 Å². The zero-order valence-electron chi connectivity index (χ0n) is 62.2. The Balaban J connectivity index is 1.29. The Hall–Kier alpha value is -1.24. The smallest absolute Gasteiger partial charge is 0.314 e. The van der Waals surface area contributed by atoms with Crippen molar-refractivity contribution >= 4 is 139 Å². The Morgan fingerprint density at radius 1 is 0.312 bits per heavy atom. The van der Waals surface area contributed by atoms with Gasteiger partial charge in [-0.15, -0.1) is 0 Å². The van der Waals surface area contributed by atoms with Crippen LogP contribution < -0.4 is 10.6 Å². The lowest BCUT2D eigenvalue weighted by molar-refractivity contribution is 0.104. The second kappa shape index (κ2) is 31.8. The van der Waals surface area contributed by atoms with E-state index >= 15 is 0 Å². The fraction of sp³-hybridized carbons (Fsp3) is 0.581. The van der Waals surface area contributed by atoms with E-state index in [1.165, 1.54) is 0 Å². The molecule has 93 heavy (non-hydrogen) atoms. The minimum absolute atomic E-state index is 0.136. The molecule has 0 saturated carbocycles. The lowest BCUT2D eigenvalue weighted by Gasteiger charge is -2.45. The largest absolute Gasteiger partial charge is 0.436 e. The summed E-state index contributed by atoms with van der Waals surface area (Å²) in [7, 11) is -41.3. The molecule has 0 bridgehead atoms. The Kier molecular flexibility index (Phi) is 28.7. The SMILES string of the molecule is Cc1cc(C)c(C(=O)P(=O)(OCCC[Si](C)(C)O[Si](C)(C)O[Si](C)(C)O[Si](C)(C)O[Si](C)(C)O[Si](C)(C)O[Si](C)(C)O[Si](C)(C)O[Si](C)(C)O[Si](C)(C)O[Si](C)(C)O[Si](C)(C)CCCOP(=O)(C(=O)c2c(C)cc(C)cc2C)c2ccccc2)c2ccccc2)c(C)c1. The van der Waals surface area contributed by atoms with Crippen LogP contribution in [0.5, 0.6) is 0 Å². The average molecular weight is 1530 g/mol. The van der Waals surface area contributed by atoms with Crippen molar-refractivity contribution in [2.75, 3.05) is 13.2 Å². The summed E-state index contributed by atoms with van der Waals surface area (Å²) >= 11 is 0. The Bertz CT molecular complexity index is 3050. The Labute approximate surface area is 573 Å². The van der Waals surface area contributed by atoms with Gasteiger partial charge in [0.05, 0.1) is 13.2 Å². The molecule has 4 aromatic rings. The van der Waals surface area contributed by atoms with E-state index < -0.39 is 128 Å². The van der Waals surface area contributed by atoms with Crippen molar-refractivity contribution in [3.05, 3.63) is 129 Å². The molecule has 2 unspecified atom stereocenters. The van der Waals surface area contributed by atoms with Crippen LogP contribution in [0.4, 0.5) is 0 Å². The molecule has 0 aliphatic heterocycles. The van der Waals surface area contributed by atoms with Gasteiger partial charge >= 0.3 is 100 Å². The summed E-state index contributed by atoms with van der Waals surface area (Å²) in [5.74, 6) is 0. The third-order valence-corrected chi connectivity index (χ3v) is 65.8. The van der Waals surface area contributed by atoms with Crippen molar-refractivity contribution < 1.29 is 73.0 Å². The van der Waals surface area contributed by atoms with Gasteiger partial charge in [-0.1, -0.05) is 71.8 Å². The van der Waals surface area contributed by atoms with Gasteiger partial charge in [0.25, 0.3) is 11.0 Å². The van der Waals surface area contributed by atoms with Crippen molar-refractivity contribution in [2.45, 2.75) is 224 Å². The zero-order chi connectivity index (χ0) is 71.3. The van der Waals surface area contributed by atoms with Gasteiger partial charge in [0.2, 0.25) is 0 Å². The zero-order valence-corrected chi connectivity index (χ0v) is 75.9. The van der Waals surface area contributed by atoms with E-state index in [4.69, 9.17) is 54.3 Å². The number of carbonyl (C=O) groups excluding carboxylic acids is 2. The van der Waals surface area contributed by atoms with Crippen LogP contribution in [-0.2, 0) is 63.4 Å². The molecule has 0 amide bonds. The molecule has 0 saturated heterocycles. The fourth-order valence-corrected chi connectivity index (χ4v) is 79.1. The summed E-state index contributed by atoms with van der Waals surface area (Å²) in [5, 5.41) is 0.776. The third-order valence-electron chi connectivity index (χ3n) is 14.4. The van der Waals surface area contributed by atoms with Crippen LogP contribution in [0.3, 0.4) is 0 Å². The van der Waals surface area contributed by atoms with Gasteiger partial charge in [0.15, 0.2) is 16.6 Å². The van der Waals surface area contributed by atoms with Crippen molar-refractivity contribution in [1.82, 2.24) is 0 Å². The van der Waals surface area contributed by atoms with Gasteiger partial charge in [0, 0.05) is 21.7 Å². The molecular formula is C62H116O17P2Si12. The molecule has 0 heterocycles. The van der Waals surface area contributed by atoms with Gasteiger partial charge in [-0.3, -0.25) is 18.7 Å². The molecule has 0 aromatic heterocycles. The van der Waals surface area contributed by atoms with Crippen molar-refractivity contribution in [3.63, 3.8) is 0 Å². The van der Waals surface area contributed by atoms with Gasteiger partial charge in [-0.25, -0.2) is 0 Å². The monoisotopic (exact) mass is 1530 g/mol. The number of hydrogen-bond acceptors (Lipinski definition) is 17. The van der Waals surface area contributed by atoms with E-state index in [1.54, 1.807) is 48.5 Å². The maximum Gasteiger partial charge on any atom is 0.314 e. The Morgan fingerprint density at radius 3 is 0.710 bits per heavy atom. The first kappa shape index (κ1) is 84.2. The lowest BCUT2D eigenvalue weighted by atomic mass is 10.0. The van der Waals surface area contributed by atoms with Crippen LogP contribution >= 0.6 is 14.7 Å². The van der Waals surface area contributed by atoms with Crippen LogP contribution in [0.15, 0.2) is 84.9 Å². The minimum Gasteiger partial charge on any atom is -0.436 e. The van der Waals surface area contributed by atoms with Gasteiger partial charge < -0.3 is 54.3 Å². The van der Waals surface area contributed by atoms with Crippen LogP contribution in [0.1, 0.15) is 66.9 Å². The summed E-state index contributed by atoms with van der Waals surface area (Å²) < 4.78 is 118. The van der Waals surface area contributed by atoms with E-state index in [2.05, 4.69) is 52.4 Å². The van der Waals surface area contributed by atoms with E-state index in [0.717, 1.165) is 33.4 Å². The molecule has 0 spiro atoms. The summed E-state index contributed by atoms with van der Waals surface area (Å²) in [4.78, 5) is 28.4. The molecular weight excluding hydrogens is 1420 g/mol. The number of aryl methyl sites for hydroxylation is 6. The molecule has 17 nitrogen and oxygen atoms in total. The highest BCUT2D eigenvalue weighted by molar-refractivity contribution is 7.84. The van der Waals surface area contributed by atoms with Crippen LogP contribution in [-0.4, -0.2) is 127 Å². The highest BCUT2D eigenvalue weighted by atomic mass is 31.2. The van der Waals surface area contributed by atoms with E-state index in [0.29, 0.717) is 46.7 Å². The Morgan fingerprint density at radius 2 is 0.505 bits per heavy atom. The maximum atomic E-state index is 14.7. The molecule has 0 N–H and O–H groups in total. The van der Waals surface area contributed by atoms with Gasteiger partial charge in [-0.05, 0) is 270 Å². The molecule has 0 fully saturated rings. The molecule has 0 aliphatic rings. The van der Waals surface area contributed by atoms with Gasteiger partial charge in [-0.2, -0.15) is 0 Å². The highest BCUT2D eigenvalue weighted by Gasteiger charge is 2.52. The van der Waals surface area contributed by atoms with Crippen LogP contribution in [0.25, 0.3) is 0 Å². The summed E-state index contributed by atoms with van der Waals surface area (Å²) in [5.41, 5.74) is 5.15. The third kappa shape index (κ3) is 27.0. The number of hydrogen-bond donors (Lipinski definition) is 0. The first-order valence-electron chi connectivity index (χ1n) is 32.4. The molecule has 4 rings (SSSR count). The fourth-order valence-electron chi connectivity index (χ4n) is 13.4. The van der Waals surface area contributed by atoms with Crippen LogP contribution in [0, 0.1) is 41.5 Å². The van der Waals surface area contributed by atoms with Crippen molar-refractivity contribution in [1.29, 1.82) is 0 Å². The van der Waals surface area contributed by atoms with E-state index in [1.807, 2.05) is 183 Å². The predicted molar refractivity (Wildman–Crippen MR) is 410 cm³/mol.